The van der Waals surface area contributed by atoms with E-state index in [0.29, 0.717) is 38.2 Å². The number of thioether (sulfide) groups is 1. The Morgan fingerprint density at radius 2 is 1.93 bits per heavy atom. The molecule has 0 saturated carbocycles. The first-order chi connectivity index (χ1) is 12.9. The molecular weight excluding hydrogens is 421 g/mol. The Kier molecular flexibility index (Phi) is 6.48. The number of hydrogen-bond acceptors (Lipinski definition) is 4. The molecule has 0 aromatic heterocycles. The van der Waals surface area contributed by atoms with Gasteiger partial charge in [-0.05, 0) is 43.2 Å². The van der Waals surface area contributed by atoms with Gasteiger partial charge in [-0.1, -0.05) is 77.0 Å². The summed E-state index contributed by atoms with van der Waals surface area (Å²) in [7, 11) is 0. The molecule has 1 heterocycles. The number of carbonyl (C=O) groups excluding carboxylic acids is 1. The molecule has 1 aliphatic rings. The highest BCUT2D eigenvalue weighted by Crippen LogP contribution is 2.37. The van der Waals surface area contributed by atoms with E-state index in [2.05, 4.69) is 0 Å². The molecule has 3 nitrogen and oxygen atoms in total. The van der Waals surface area contributed by atoms with Crippen molar-refractivity contribution in [2.45, 2.75) is 20.5 Å². The fraction of sp³-hybridized carbons (Fsp3) is 0.200. The van der Waals surface area contributed by atoms with Crippen LogP contribution in [0, 0.1) is 6.92 Å². The molecule has 0 bridgehead atoms. The van der Waals surface area contributed by atoms with E-state index in [1.165, 1.54) is 11.8 Å². The molecule has 0 aliphatic carbocycles. The average Bonchev–Trinajstić information content (AvgIpc) is 2.87. The number of ether oxygens (including phenoxy) is 1. The Bertz CT molecular complexity index is 920. The summed E-state index contributed by atoms with van der Waals surface area (Å²) in [4.78, 5) is 14.5. The van der Waals surface area contributed by atoms with Crippen LogP contribution in [0.3, 0.4) is 0 Å². The number of amides is 1. The smallest absolute Gasteiger partial charge is 0.266 e. The lowest BCUT2D eigenvalue weighted by Crippen LogP contribution is -2.27. The van der Waals surface area contributed by atoms with Crippen molar-refractivity contribution in [1.29, 1.82) is 0 Å². The van der Waals surface area contributed by atoms with Gasteiger partial charge in [0.1, 0.15) is 10.9 Å². The Morgan fingerprint density at radius 1 is 1.22 bits per heavy atom. The van der Waals surface area contributed by atoms with E-state index in [1.807, 2.05) is 38.1 Å². The highest BCUT2D eigenvalue weighted by Gasteiger charge is 2.30. The summed E-state index contributed by atoms with van der Waals surface area (Å²) >= 11 is 19.2. The summed E-state index contributed by atoms with van der Waals surface area (Å²) in [6, 6.07) is 11.5. The first-order valence-corrected chi connectivity index (χ1v) is 10.3. The van der Waals surface area contributed by atoms with Crippen LogP contribution in [0.2, 0.25) is 10.0 Å². The molecule has 2 aromatic carbocycles. The van der Waals surface area contributed by atoms with E-state index in [9.17, 15) is 4.79 Å². The van der Waals surface area contributed by atoms with Gasteiger partial charge in [0.25, 0.3) is 5.91 Å². The van der Waals surface area contributed by atoms with Gasteiger partial charge in [0.2, 0.25) is 0 Å². The predicted molar refractivity (Wildman–Crippen MR) is 118 cm³/mol. The zero-order chi connectivity index (χ0) is 19.6. The summed E-state index contributed by atoms with van der Waals surface area (Å²) in [6.45, 7) is 4.84. The maximum atomic E-state index is 12.3. The van der Waals surface area contributed by atoms with Crippen LogP contribution in [0.1, 0.15) is 23.6 Å². The third kappa shape index (κ3) is 4.66. The van der Waals surface area contributed by atoms with Crippen LogP contribution in [0.25, 0.3) is 6.08 Å². The van der Waals surface area contributed by atoms with Crippen LogP contribution in [0.15, 0.2) is 41.3 Å². The summed E-state index contributed by atoms with van der Waals surface area (Å²) in [5, 5.41) is 0.791. The second-order valence-electron chi connectivity index (χ2n) is 6.02. The van der Waals surface area contributed by atoms with Crippen LogP contribution in [-0.4, -0.2) is 21.7 Å². The molecule has 3 rings (SSSR count). The van der Waals surface area contributed by atoms with Gasteiger partial charge in [-0.3, -0.25) is 9.69 Å². The van der Waals surface area contributed by atoms with Gasteiger partial charge in [-0.25, -0.2) is 0 Å². The molecular formula is C20H17Cl2NO2S2. The van der Waals surface area contributed by atoms with Gasteiger partial charge in [0.05, 0.1) is 15.0 Å². The van der Waals surface area contributed by atoms with Crippen molar-refractivity contribution >= 4 is 63.5 Å². The zero-order valence-electron chi connectivity index (χ0n) is 14.8. The highest BCUT2D eigenvalue weighted by atomic mass is 35.5. The molecule has 0 N–H and O–H groups in total. The average molecular weight is 438 g/mol. The minimum atomic E-state index is -0.0977. The molecule has 27 heavy (non-hydrogen) atoms. The molecule has 1 amide bonds. The van der Waals surface area contributed by atoms with Gasteiger partial charge in [-0.2, -0.15) is 0 Å². The maximum absolute atomic E-state index is 12.3. The number of aryl methyl sites for hydroxylation is 1. The Hall–Kier alpha value is -1.53. The molecule has 1 aliphatic heterocycles. The molecule has 0 radical (unpaired) electrons. The molecule has 2 aromatic rings. The number of halogens is 2. The first-order valence-electron chi connectivity index (χ1n) is 8.31. The summed E-state index contributed by atoms with van der Waals surface area (Å²) in [5.74, 6) is 0.331. The molecule has 1 saturated heterocycles. The Balaban J connectivity index is 1.80. The Morgan fingerprint density at radius 3 is 2.52 bits per heavy atom. The van der Waals surface area contributed by atoms with Crippen LogP contribution in [-0.2, 0) is 11.4 Å². The monoisotopic (exact) mass is 437 g/mol. The number of thiocarbonyl (C=S) groups is 1. The van der Waals surface area contributed by atoms with E-state index >= 15 is 0 Å². The van der Waals surface area contributed by atoms with Crippen LogP contribution in [0.4, 0.5) is 0 Å². The van der Waals surface area contributed by atoms with Crippen molar-refractivity contribution in [3.05, 3.63) is 68.0 Å². The maximum Gasteiger partial charge on any atom is 0.266 e. The first kappa shape index (κ1) is 20.2. The van der Waals surface area contributed by atoms with Gasteiger partial charge in [0, 0.05) is 6.54 Å². The second-order valence-corrected chi connectivity index (χ2v) is 8.51. The van der Waals surface area contributed by atoms with Gasteiger partial charge >= 0.3 is 0 Å². The summed E-state index contributed by atoms with van der Waals surface area (Å²) < 4.78 is 6.38. The molecule has 140 valence electrons. The van der Waals surface area contributed by atoms with Gasteiger partial charge in [-0.15, -0.1) is 0 Å². The molecule has 0 unspecified atom stereocenters. The standard InChI is InChI=1S/C20H17Cl2NO2S2/c1-3-23-19(24)17(27-20(23)26)10-14-8-15(21)18(16(22)9-14)25-11-13-6-4-5-12(2)7-13/h4-10H,3,11H2,1-2H3. The summed E-state index contributed by atoms with van der Waals surface area (Å²) in [6.07, 6.45) is 1.75. The van der Waals surface area contributed by atoms with Crippen molar-refractivity contribution in [3.8, 4) is 5.75 Å². The molecule has 7 heteroatoms. The molecule has 1 fully saturated rings. The number of benzene rings is 2. The van der Waals surface area contributed by atoms with Crippen LogP contribution < -0.4 is 4.74 Å². The number of nitrogens with zero attached hydrogens (tertiary/aromatic N) is 1. The van der Waals surface area contributed by atoms with Crippen LogP contribution in [0.5, 0.6) is 5.75 Å². The number of rotatable bonds is 5. The number of carbonyl (C=O) groups is 1. The fourth-order valence-electron chi connectivity index (χ4n) is 2.68. The van der Waals surface area contributed by atoms with Gasteiger partial charge in [0.15, 0.2) is 5.75 Å². The molecule has 0 atom stereocenters. The second kappa shape index (κ2) is 8.65. The van der Waals surface area contributed by atoms with E-state index in [-0.39, 0.29) is 5.91 Å². The lowest BCUT2D eigenvalue weighted by atomic mass is 10.1. The number of hydrogen-bond donors (Lipinski definition) is 0. The van der Waals surface area contributed by atoms with Crippen molar-refractivity contribution in [2.24, 2.45) is 0 Å². The molecule has 0 spiro atoms. The zero-order valence-corrected chi connectivity index (χ0v) is 17.9. The SMILES string of the molecule is CCN1C(=O)C(=Cc2cc(Cl)c(OCc3cccc(C)c3)c(Cl)c2)SC1=S. The Labute approximate surface area is 178 Å². The topological polar surface area (TPSA) is 29.5 Å². The third-order valence-corrected chi connectivity index (χ3v) is 5.91. The largest absolute Gasteiger partial charge is 0.486 e. The van der Waals surface area contributed by atoms with Crippen molar-refractivity contribution in [1.82, 2.24) is 4.90 Å². The summed E-state index contributed by atoms with van der Waals surface area (Å²) in [5.41, 5.74) is 2.92. The van der Waals surface area contributed by atoms with E-state index < -0.39 is 0 Å². The van der Waals surface area contributed by atoms with Gasteiger partial charge < -0.3 is 4.74 Å². The van der Waals surface area contributed by atoms with Crippen molar-refractivity contribution < 1.29 is 9.53 Å². The number of likely N-dealkylation sites (N-methyl/N-ethyl adjacent to an activating group) is 1. The lowest BCUT2D eigenvalue weighted by Gasteiger charge is -2.12. The van der Waals surface area contributed by atoms with E-state index in [4.69, 9.17) is 40.2 Å². The minimum absolute atomic E-state index is 0.0977. The van der Waals surface area contributed by atoms with E-state index in [1.54, 1.807) is 23.1 Å². The predicted octanol–water partition coefficient (Wildman–Crippen LogP) is 6.10. The normalized spacial score (nSPS) is 15.7. The quantitative estimate of drug-likeness (QED) is 0.417. The minimum Gasteiger partial charge on any atom is -0.486 e. The van der Waals surface area contributed by atoms with Crippen molar-refractivity contribution in [3.63, 3.8) is 0 Å². The van der Waals surface area contributed by atoms with Crippen LogP contribution >= 0.6 is 47.2 Å². The fourth-order valence-corrected chi connectivity index (χ4v) is 4.68. The highest BCUT2D eigenvalue weighted by molar-refractivity contribution is 8.26. The van der Waals surface area contributed by atoms with Crippen molar-refractivity contribution in [2.75, 3.05) is 6.54 Å². The third-order valence-electron chi connectivity index (χ3n) is 3.97. The van der Waals surface area contributed by atoms with E-state index in [0.717, 1.165) is 16.7 Å². The lowest BCUT2D eigenvalue weighted by molar-refractivity contribution is -0.121.